The standard InChI is InChI=1S/C13H26N2O2/c1-4-7-15-8-5-12(6-9-15)11(2)14-10-13(16)17-3/h11-12,14H,4-10H2,1-3H3. The predicted octanol–water partition coefficient (Wildman–Crippen LogP) is 1.26. The fourth-order valence-electron chi connectivity index (χ4n) is 2.48. The zero-order chi connectivity index (χ0) is 12.7. The van der Waals surface area contributed by atoms with E-state index < -0.39 is 0 Å². The number of likely N-dealkylation sites (tertiary alicyclic amines) is 1. The quantitative estimate of drug-likeness (QED) is 0.712. The minimum Gasteiger partial charge on any atom is -0.468 e. The smallest absolute Gasteiger partial charge is 0.319 e. The number of nitrogens with one attached hydrogen (secondary N) is 1. The predicted molar refractivity (Wildman–Crippen MR) is 68.9 cm³/mol. The Balaban J connectivity index is 2.21. The molecule has 1 N–H and O–H groups in total. The van der Waals surface area contributed by atoms with Crippen LogP contribution in [-0.2, 0) is 9.53 Å². The topological polar surface area (TPSA) is 41.6 Å². The number of carbonyl (C=O) groups is 1. The van der Waals surface area contributed by atoms with Crippen LogP contribution in [0, 0.1) is 5.92 Å². The SMILES string of the molecule is CCCN1CCC(C(C)NCC(=O)OC)CC1. The second kappa shape index (κ2) is 7.67. The summed E-state index contributed by atoms with van der Waals surface area (Å²) in [7, 11) is 1.43. The van der Waals surface area contributed by atoms with Crippen molar-refractivity contribution in [3.05, 3.63) is 0 Å². The van der Waals surface area contributed by atoms with Crippen molar-refractivity contribution < 1.29 is 9.53 Å². The molecule has 1 heterocycles. The van der Waals surface area contributed by atoms with Crippen molar-refractivity contribution >= 4 is 5.97 Å². The molecule has 0 spiro atoms. The molecule has 0 aromatic rings. The summed E-state index contributed by atoms with van der Waals surface area (Å²) in [5.74, 6) is 0.507. The normalized spacial score (nSPS) is 20.2. The van der Waals surface area contributed by atoms with Gasteiger partial charge in [-0.25, -0.2) is 0 Å². The van der Waals surface area contributed by atoms with E-state index in [1.54, 1.807) is 0 Å². The number of ether oxygens (including phenoxy) is 1. The number of piperidine rings is 1. The van der Waals surface area contributed by atoms with E-state index in [2.05, 4.69) is 28.8 Å². The summed E-state index contributed by atoms with van der Waals surface area (Å²) in [5, 5.41) is 3.26. The molecule has 17 heavy (non-hydrogen) atoms. The van der Waals surface area contributed by atoms with Crippen molar-refractivity contribution in [3.8, 4) is 0 Å². The molecule has 1 rings (SSSR count). The van der Waals surface area contributed by atoms with Crippen LogP contribution in [0.5, 0.6) is 0 Å². The molecule has 1 saturated heterocycles. The Hall–Kier alpha value is -0.610. The van der Waals surface area contributed by atoms with Gasteiger partial charge >= 0.3 is 5.97 Å². The van der Waals surface area contributed by atoms with Crippen LogP contribution in [0.25, 0.3) is 0 Å². The number of nitrogens with zero attached hydrogens (tertiary/aromatic N) is 1. The Morgan fingerprint density at radius 2 is 2.12 bits per heavy atom. The molecule has 1 aliphatic heterocycles. The monoisotopic (exact) mass is 242 g/mol. The van der Waals surface area contributed by atoms with Gasteiger partial charge in [-0.3, -0.25) is 4.79 Å². The second-order valence-electron chi connectivity index (χ2n) is 4.92. The summed E-state index contributed by atoms with van der Waals surface area (Å²) in [5.41, 5.74) is 0. The second-order valence-corrected chi connectivity index (χ2v) is 4.92. The summed E-state index contributed by atoms with van der Waals surface area (Å²) in [6, 6.07) is 0.401. The molecule has 0 amide bonds. The van der Waals surface area contributed by atoms with Crippen LogP contribution in [0.1, 0.15) is 33.1 Å². The van der Waals surface area contributed by atoms with Gasteiger partial charge in [0.1, 0.15) is 0 Å². The van der Waals surface area contributed by atoms with Crippen molar-refractivity contribution in [3.63, 3.8) is 0 Å². The largest absolute Gasteiger partial charge is 0.468 e. The summed E-state index contributed by atoms with van der Waals surface area (Å²) in [6.45, 7) is 8.34. The van der Waals surface area contributed by atoms with Crippen LogP contribution < -0.4 is 5.32 Å². The van der Waals surface area contributed by atoms with E-state index in [0.29, 0.717) is 18.5 Å². The summed E-state index contributed by atoms with van der Waals surface area (Å²) < 4.78 is 4.63. The first-order valence-corrected chi connectivity index (χ1v) is 6.70. The number of hydrogen-bond donors (Lipinski definition) is 1. The van der Waals surface area contributed by atoms with Crippen LogP contribution in [0.15, 0.2) is 0 Å². The minimum atomic E-state index is -0.180. The van der Waals surface area contributed by atoms with Gasteiger partial charge in [0.15, 0.2) is 0 Å². The molecule has 0 radical (unpaired) electrons. The number of methoxy groups -OCH3 is 1. The molecule has 1 unspecified atom stereocenters. The zero-order valence-electron chi connectivity index (χ0n) is 11.4. The molecule has 1 fully saturated rings. The molecular weight excluding hydrogens is 216 g/mol. The van der Waals surface area contributed by atoms with Gasteiger partial charge in [0, 0.05) is 6.04 Å². The van der Waals surface area contributed by atoms with Gasteiger partial charge in [0.25, 0.3) is 0 Å². The minimum absolute atomic E-state index is 0.180. The summed E-state index contributed by atoms with van der Waals surface area (Å²) in [6.07, 6.45) is 3.70. The first kappa shape index (κ1) is 14.5. The fourth-order valence-corrected chi connectivity index (χ4v) is 2.48. The summed E-state index contributed by atoms with van der Waals surface area (Å²) in [4.78, 5) is 13.6. The van der Waals surface area contributed by atoms with E-state index in [9.17, 15) is 4.79 Å². The first-order chi connectivity index (χ1) is 8.17. The van der Waals surface area contributed by atoms with Gasteiger partial charge in [0.05, 0.1) is 13.7 Å². The molecule has 1 atom stereocenters. The average molecular weight is 242 g/mol. The summed E-state index contributed by atoms with van der Waals surface area (Å²) >= 11 is 0. The lowest BCUT2D eigenvalue weighted by molar-refractivity contribution is -0.139. The lowest BCUT2D eigenvalue weighted by atomic mass is 9.90. The Morgan fingerprint density at radius 1 is 1.47 bits per heavy atom. The third-order valence-corrected chi connectivity index (χ3v) is 3.68. The van der Waals surface area contributed by atoms with E-state index in [1.807, 2.05) is 0 Å². The molecule has 4 heteroatoms. The van der Waals surface area contributed by atoms with Gasteiger partial charge in [-0.1, -0.05) is 6.92 Å². The van der Waals surface area contributed by atoms with Crippen molar-refractivity contribution in [1.29, 1.82) is 0 Å². The number of rotatable bonds is 6. The molecule has 100 valence electrons. The molecule has 0 bridgehead atoms. The van der Waals surface area contributed by atoms with Crippen molar-refractivity contribution in [1.82, 2.24) is 10.2 Å². The highest BCUT2D eigenvalue weighted by Crippen LogP contribution is 2.20. The fraction of sp³-hybridized carbons (Fsp3) is 0.923. The van der Waals surface area contributed by atoms with Crippen LogP contribution >= 0.6 is 0 Å². The van der Waals surface area contributed by atoms with Gasteiger partial charge in [-0.05, 0) is 51.7 Å². The van der Waals surface area contributed by atoms with E-state index in [-0.39, 0.29) is 5.97 Å². The highest BCUT2D eigenvalue weighted by molar-refractivity contribution is 5.71. The number of hydrogen-bond acceptors (Lipinski definition) is 4. The van der Waals surface area contributed by atoms with E-state index >= 15 is 0 Å². The third kappa shape index (κ3) is 5.04. The van der Waals surface area contributed by atoms with E-state index in [1.165, 1.54) is 46.0 Å². The van der Waals surface area contributed by atoms with Gasteiger partial charge < -0.3 is 15.0 Å². The Kier molecular flexibility index (Phi) is 6.52. The molecular formula is C13H26N2O2. The zero-order valence-corrected chi connectivity index (χ0v) is 11.4. The van der Waals surface area contributed by atoms with Crippen LogP contribution in [0.2, 0.25) is 0 Å². The van der Waals surface area contributed by atoms with Crippen LogP contribution in [-0.4, -0.2) is 50.2 Å². The maximum Gasteiger partial charge on any atom is 0.319 e. The highest BCUT2D eigenvalue weighted by Gasteiger charge is 2.23. The van der Waals surface area contributed by atoms with Gasteiger partial charge in [0.2, 0.25) is 0 Å². The maximum atomic E-state index is 11.0. The number of esters is 1. The van der Waals surface area contributed by atoms with Crippen molar-refractivity contribution in [2.45, 2.75) is 39.2 Å². The average Bonchev–Trinajstić information content (AvgIpc) is 2.36. The lowest BCUT2D eigenvalue weighted by Gasteiger charge is -2.34. The molecule has 0 aromatic carbocycles. The first-order valence-electron chi connectivity index (χ1n) is 6.70. The number of carbonyl (C=O) groups excluding carboxylic acids is 1. The highest BCUT2D eigenvalue weighted by atomic mass is 16.5. The van der Waals surface area contributed by atoms with Gasteiger partial charge in [-0.2, -0.15) is 0 Å². The van der Waals surface area contributed by atoms with Crippen LogP contribution in [0.3, 0.4) is 0 Å². The molecule has 0 saturated carbocycles. The Morgan fingerprint density at radius 3 is 2.65 bits per heavy atom. The molecule has 4 nitrogen and oxygen atoms in total. The molecule has 0 aliphatic carbocycles. The molecule has 1 aliphatic rings. The van der Waals surface area contributed by atoms with Crippen molar-refractivity contribution in [2.75, 3.05) is 33.3 Å². The van der Waals surface area contributed by atoms with Crippen LogP contribution in [0.4, 0.5) is 0 Å². The Bertz CT molecular complexity index is 225. The third-order valence-electron chi connectivity index (χ3n) is 3.68. The molecule has 0 aromatic heterocycles. The van der Waals surface area contributed by atoms with E-state index in [4.69, 9.17) is 0 Å². The van der Waals surface area contributed by atoms with Gasteiger partial charge in [-0.15, -0.1) is 0 Å². The Labute approximate surface area is 105 Å². The maximum absolute atomic E-state index is 11.0. The van der Waals surface area contributed by atoms with E-state index in [0.717, 1.165) is 0 Å². The van der Waals surface area contributed by atoms with Crippen molar-refractivity contribution in [2.24, 2.45) is 5.92 Å². The lowest BCUT2D eigenvalue weighted by Crippen LogP contribution is -2.43.